The number of nitrogens with one attached hydrogen (secondary N) is 2. The van der Waals surface area contributed by atoms with Crippen molar-refractivity contribution >= 4 is 28.8 Å². The highest BCUT2D eigenvalue weighted by Gasteiger charge is 2.03. The van der Waals surface area contributed by atoms with Crippen LogP contribution in [0.25, 0.3) is 5.70 Å². The number of anilines is 1. The van der Waals surface area contributed by atoms with E-state index in [0.717, 1.165) is 11.4 Å². The lowest BCUT2D eigenvalue weighted by molar-refractivity contribution is 1.07. The highest BCUT2D eigenvalue weighted by Crippen LogP contribution is 2.15. The van der Waals surface area contributed by atoms with Gasteiger partial charge in [-0.15, -0.1) is 0 Å². The van der Waals surface area contributed by atoms with Crippen LogP contribution < -0.4 is 11.1 Å². The van der Waals surface area contributed by atoms with Gasteiger partial charge in [-0.3, -0.25) is 5.10 Å². The second kappa shape index (κ2) is 6.58. The number of benzene rings is 1. The van der Waals surface area contributed by atoms with E-state index < -0.39 is 0 Å². The summed E-state index contributed by atoms with van der Waals surface area (Å²) in [4.78, 5) is 4.39. The number of aromatic amines is 1. The Labute approximate surface area is 121 Å². The standard InChI is InChI=1S/C14H14ClN5/c1-2-14(18-11-5-3-10(15)4-6-11)19-13(9-16)12-7-8-17-20-12/h2-9H,1,16H2,(H,17,20)(H,18,19)/b13-9-. The summed E-state index contributed by atoms with van der Waals surface area (Å²) in [5.74, 6) is 0.568. The number of aromatic nitrogens is 2. The van der Waals surface area contributed by atoms with Gasteiger partial charge >= 0.3 is 0 Å². The molecule has 0 saturated carbocycles. The van der Waals surface area contributed by atoms with Crippen molar-refractivity contribution < 1.29 is 0 Å². The molecule has 0 fully saturated rings. The van der Waals surface area contributed by atoms with E-state index in [-0.39, 0.29) is 0 Å². The van der Waals surface area contributed by atoms with Crippen molar-refractivity contribution in [2.45, 2.75) is 0 Å². The zero-order chi connectivity index (χ0) is 14.4. The van der Waals surface area contributed by atoms with Gasteiger partial charge in [0.25, 0.3) is 0 Å². The van der Waals surface area contributed by atoms with Gasteiger partial charge in [-0.1, -0.05) is 18.2 Å². The van der Waals surface area contributed by atoms with E-state index in [1.165, 1.54) is 6.20 Å². The molecule has 6 heteroatoms. The Morgan fingerprint density at radius 1 is 1.35 bits per heavy atom. The Bertz CT molecular complexity index is 626. The summed E-state index contributed by atoms with van der Waals surface area (Å²) >= 11 is 5.84. The third-order valence-corrected chi connectivity index (χ3v) is 2.74. The SMILES string of the molecule is C=CC(=N/C(=C\N)c1ccn[nH]1)Nc1ccc(Cl)cc1. The van der Waals surface area contributed by atoms with Crippen LogP contribution in [-0.4, -0.2) is 16.0 Å². The molecule has 1 aromatic carbocycles. The molecule has 5 nitrogen and oxygen atoms in total. The highest BCUT2D eigenvalue weighted by atomic mass is 35.5. The first-order chi connectivity index (χ1) is 9.72. The van der Waals surface area contributed by atoms with Gasteiger partial charge in [0.1, 0.15) is 11.5 Å². The van der Waals surface area contributed by atoms with E-state index in [4.69, 9.17) is 17.3 Å². The molecule has 0 amide bonds. The first-order valence-corrected chi connectivity index (χ1v) is 6.26. The summed E-state index contributed by atoms with van der Waals surface area (Å²) < 4.78 is 0. The van der Waals surface area contributed by atoms with E-state index in [9.17, 15) is 0 Å². The lowest BCUT2D eigenvalue weighted by Gasteiger charge is -2.07. The predicted octanol–water partition coefficient (Wildman–Crippen LogP) is 3.02. The molecular weight excluding hydrogens is 274 g/mol. The summed E-state index contributed by atoms with van der Waals surface area (Å²) in [6.45, 7) is 3.73. The maximum absolute atomic E-state index is 5.84. The van der Waals surface area contributed by atoms with E-state index in [1.807, 2.05) is 12.1 Å². The molecule has 0 saturated heterocycles. The summed E-state index contributed by atoms with van der Waals surface area (Å²) in [7, 11) is 0. The van der Waals surface area contributed by atoms with Gasteiger partial charge in [0.2, 0.25) is 0 Å². The second-order valence-electron chi connectivity index (χ2n) is 3.86. The van der Waals surface area contributed by atoms with Crippen molar-refractivity contribution in [3.63, 3.8) is 0 Å². The average Bonchev–Trinajstić information content (AvgIpc) is 2.99. The Morgan fingerprint density at radius 3 is 2.65 bits per heavy atom. The lowest BCUT2D eigenvalue weighted by Crippen LogP contribution is -2.09. The van der Waals surface area contributed by atoms with Gasteiger partial charge in [-0.25, -0.2) is 4.99 Å². The van der Waals surface area contributed by atoms with E-state index >= 15 is 0 Å². The maximum atomic E-state index is 5.84. The Morgan fingerprint density at radius 2 is 2.10 bits per heavy atom. The summed E-state index contributed by atoms with van der Waals surface area (Å²) in [5, 5.41) is 10.5. The number of H-pyrrole nitrogens is 1. The lowest BCUT2D eigenvalue weighted by atomic mass is 10.3. The zero-order valence-corrected chi connectivity index (χ0v) is 11.4. The van der Waals surface area contributed by atoms with Crippen molar-refractivity contribution in [1.82, 2.24) is 10.2 Å². The average molecular weight is 288 g/mol. The fourth-order valence-corrected chi connectivity index (χ4v) is 1.65. The van der Waals surface area contributed by atoms with E-state index in [2.05, 4.69) is 27.1 Å². The molecule has 0 radical (unpaired) electrons. The number of nitrogens with zero attached hydrogens (tertiary/aromatic N) is 2. The Kier molecular flexibility index (Phi) is 4.57. The summed E-state index contributed by atoms with van der Waals surface area (Å²) in [5.41, 5.74) is 7.73. The van der Waals surface area contributed by atoms with Crippen molar-refractivity contribution in [2.75, 3.05) is 5.32 Å². The maximum Gasteiger partial charge on any atom is 0.130 e. The number of rotatable bonds is 4. The molecule has 1 heterocycles. The van der Waals surface area contributed by atoms with Crippen LogP contribution in [0, 0.1) is 0 Å². The first kappa shape index (κ1) is 13.9. The van der Waals surface area contributed by atoms with Crippen LogP contribution >= 0.6 is 11.6 Å². The van der Waals surface area contributed by atoms with Gasteiger partial charge in [-0.05, 0) is 36.4 Å². The van der Waals surface area contributed by atoms with Crippen LogP contribution in [-0.2, 0) is 0 Å². The molecule has 4 N–H and O–H groups in total. The Hall–Kier alpha value is -2.53. The largest absolute Gasteiger partial charge is 0.403 e. The van der Waals surface area contributed by atoms with Crippen molar-refractivity contribution in [1.29, 1.82) is 0 Å². The van der Waals surface area contributed by atoms with Crippen molar-refractivity contribution in [3.8, 4) is 0 Å². The summed E-state index contributed by atoms with van der Waals surface area (Å²) in [6.07, 6.45) is 4.64. The minimum absolute atomic E-state index is 0.568. The molecule has 0 aliphatic heterocycles. The van der Waals surface area contributed by atoms with Gasteiger partial charge in [0.05, 0.1) is 5.69 Å². The Balaban J connectivity index is 2.21. The minimum atomic E-state index is 0.568. The molecule has 0 bridgehead atoms. The number of hydrogen-bond acceptors (Lipinski definition) is 3. The zero-order valence-electron chi connectivity index (χ0n) is 10.7. The molecule has 2 rings (SSSR count). The fraction of sp³-hybridized carbons (Fsp3) is 0. The number of nitrogens with two attached hydrogens (primary N) is 1. The third-order valence-electron chi connectivity index (χ3n) is 2.49. The molecule has 0 spiro atoms. The topological polar surface area (TPSA) is 79.1 Å². The third kappa shape index (κ3) is 3.49. The summed E-state index contributed by atoms with van der Waals surface area (Å²) in [6, 6.07) is 9.07. The molecular formula is C14H14ClN5. The molecule has 2 aromatic rings. The molecule has 20 heavy (non-hydrogen) atoms. The molecule has 102 valence electrons. The van der Waals surface area contributed by atoms with Gasteiger partial charge in [-0.2, -0.15) is 5.10 Å². The highest BCUT2D eigenvalue weighted by molar-refractivity contribution is 6.30. The van der Waals surface area contributed by atoms with Gasteiger partial charge in [0.15, 0.2) is 0 Å². The molecule has 0 aliphatic rings. The van der Waals surface area contributed by atoms with Crippen LogP contribution in [0.15, 0.2) is 60.4 Å². The first-order valence-electron chi connectivity index (χ1n) is 5.88. The predicted molar refractivity (Wildman–Crippen MR) is 83.5 cm³/mol. The van der Waals surface area contributed by atoms with Gasteiger partial charge < -0.3 is 11.1 Å². The number of aliphatic imine (C=N–C) groups is 1. The molecule has 0 unspecified atom stereocenters. The molecule has 1 aromatic heterocycles. The quantitative estimate of drug-likeness (QED) is 0.597. The minimum Gasteiger partial charge on any atom is -0.403 e. The second-order valence-corrected chi connectivity index (χ2v) is 4.29. The fourth-order valence-electron chi connectivity index (χ4n) is 1.52. The van der Waals surface area contributed by atoms with Crippen LogP contribution in [0.2, 0.25) is 5.02 Å². The smallest absolute Gasteiger partial charge is 0.130 e. The van der Waals surface area contributed by atoms with Crippen LogP contribution in [0.1, 0.15) is 5.69 Å². The van der Waals surface area contributed by atoms with Crippen LogP contribution in [0.4, 0.5) is 5.69 Å². The number of amidine groups is 1. The molecule has 0 aliphatic carbocycles. The number of hydrogen-bond donors (Lipinski definition) is 3. The van der Waals surface area contributed by atoms with Crippen LogP contribution in [0.3, 0.4) is 0 Å². The molecule has 0 atom stereocenters. The van der Waals surface area contributed by atoms with Crippen molar-refractivity contribution in [2.24, 2.45) is 10.7 Å². The van der Waals surface area contributed by atoms with Crippen LogP contribution in [0.5, 0.6) is 0 Å². The normalized spacial score (nSPS) is 12.2. The van der Waals surface area contributed by atoms with Crippen molar-refractivity contribution in [3.05, 3.63) is 66.1 Å². The monoisotopic (exact) mass is 287 g/mol. The van der Waals surface area contributed by atoms with E-state index in [0.29, 0.717) is 16.6 Å². The van der Waals surface area contributed by atoms with E-state index in [1.54, 1.807) is 30.5 Å². The van der Waals surface area contributed by atoms with Gasteiger partial charge in [0, 0.05) is 23.1 Å². The number of halogens is 1.